The molecule has 0 unspecified atom stereocenters. The number of rotatable bonds is 3. The van der Waals surface area contributed by atoms with Crippen LogP contribution in [0.2, 0.25) is 0 Å². The van der Waals surface area contributed by atoms with Gasteiger partial charge in [0.05, 0.1) is 6.54 Å². The quantitative estimate of drug-likeness (QED) is 0.572. The number of hydrogen-bond acceptors (Lipinski definition) is 3. The molecule has 0 atom stereocenters. The van der Waals surface area contributed by atoms with Crippen LogP contribution in [0.15, 0.2) is 24.4 Å². The molecule has 1 aliphatic heterocycles. The molecule has 5 heteroatoms. The van der Waals surface area contributed by atoms with E-state index in [1.807, 2.05) is 18.2 Å². The van der Waals surface area contributed by atoms with Gasteiger partial charge in [0.15, 0.2) is 0 Å². The molecule has 3 nitrogen and oxygen atoms in total. The van der Waals surface area contributed by atoms with E-state index in [4.69, 9.17) is 16.6 Å². The minimum absolute atomic E-state index is 0.702. The molecule has 0 saturated heterocycles. The van der Waals surface area contributed by atoms with E-state index in [1.165, 1.54) is 0 Å². The van der Waals surface area contributed by atoms with E-state index in [9.17, 15) is 0 Å². The van der Waals surface area contributed by atoms with E-state index in [0.29, 0.717) is 6.54 Å². The Balaban J connectivity index is 2.17. The topological polar surface area (TPSA) is 21.7 Å². The molecule has 0 aromatic carbocycles. The Morgan fingerprint density at radius 2 is 2.40 bits per heavy atom. The minimum atomic E-state index is 0.702. The van der Waals surface area contributed by atoms with Crippen molar-refractivity contribution in [1.29, 1.82) is 0 Å². The molecule has 0 aromatic rings. The number of nitrogens with zero attached hydrogens (tertiary/aromatic N) is 1. The highest BCUT2D eigenvalue weighted by Gasteiger charge is 2.00. The van der Waals surface area contributed by atoms with Crippen molar-refractivity contribution in [3.05, 3.63) is 24.4 Å². The third-order valence-corrected chi connectivity index (χ3v) is 1.07. The summed E-state index contributed by atoms with van der Waals surface area (Å²) in [6.45, 7) is 0.702. The van der Waals surface area contributed by atoms with Gasteiger partial charge in [0.25, 0.3) is 0 Å². The summed E-state index contributed by atoms with van der Waals surface area (Å²) >= 11 is 4.87. The number of halogens is 1. The van der Waals surface area contributed by atoms with Crippen LogP contribution in [0.5, 0.6) is 0 Å². The number of allylic oxidation sites excluding steroid dienone is 2. The van der Waals surface area contributed by atoms with E-state index >= 15 is 0 Å². The molecule has 0 N–H and O–H groups in total. The summed E-state index contributed by atoms with van der Waals surface area (Å²) in [4.78, 5) is 0. The zero-order valence-electron chi connectivity index (χ0n) is 5.24. The fraction of sp³-hybridized carbons (Fsp3) is 0.200. The molecule has 0 amide bonds. The maximum absolute atomic E-state index is 4.87. The van der Waals surface area contributed by atoms with Gasteiger partial charge in [0.2, 0.25) is 0 Å². The minimum Gasteiger partial charge on any atom is -0.307 e. The third kappa shape index (κ3) is 2.43. The van der Waals surface area contributed by atoms with Gasteiger partial charge in [-0.15, -0.1) is 0 Å². The highest BCUT2D eigenvalue weighted by Crippen LogP contribution is 1.98. The molecule has 1 heterocycles. The van der Waals surface area contributed by atoms with E-state index in [-0.39, 0.29) is 0 Å². The average molecular weight is 158 g/mol. The van der Waals surface area contributed by atoms with Crippen molar-refractivity contribution in [2.45, 2.75) is 0 Å². The molecule has 53 valence electrons. The predicted molar refractivity (Wildman–Crippen MR) is 38.8 cm³/mol. The molecule has 1 aliphatic rings. The molecular weight excluding hydrogens is 152 g/mol. The maximum Gasteiger partial charge on any atom is 0.531 e. The highest BCUT2D eigenvalue weighted by atomic mass is 35.5. The van der Waals surface area contributed by atoms with E-state index in [0.717, 1.165) is 7.69 Å². The molecule has 1 radical (unpaired) electrons. The summed E-state index contributed by atoms with van der Waals surface area (Å²) < 4.78 is 8.92. The van der Waals surface area contributed by atoms with Gasteiger partial charge in [-0.2, -0.15) is 0 Å². The standard InChI is InChI=1S/C5H6BClNO2/c7-9-6-10-8-4-2-1-3-5-8/h1-4H,5H2. The van der Waals surface area contributed by atoms with Gasteiger partial charge in [-0.05, 0) is 6.08 Å². The molecule has 0 aromatic heterocycles. The molecule has 0 aliphatic carbocycles. The van der Waals surface area contributed by atoms with Crippen LogP contribution in [0.25, 0.3) is 0 Å². The van der Waals surface area contributed by atoms with Gasteiger partial charge in [-0.25, -0.2) is 0 Å². The molecule has 1 rings (SSSR count). The van der Waals surface area contributed by atoms with E-state index < -0.39 is 0 Å². The van der Waals surface area contributed by atoms with Crippen LogP contribution in [-0.4, -0.2) is 19.3 Å². The Morgan fingerprint density at radius 3 is 3.00 bits per heavy atom. The van der Waals surface area contributed by atoms with Gasteiger partial charge in [-0.1, -0.05) is 12.2 Å². The highest BCUT2D eigenvalue weighted by molar-refractivity contribution is 6.30. The number of hydrogen-bond donors (Lipinski definition) is 0. The fourth-order valence-electron chi connectivity index (χ4n) is 0.600. The lowest BCUT2D eigenvalue weighted by Gasteiger charge is -2.17. The molecule has 10 heavy (non-hydrogen) atoms. The van der Waals surface area contributed by atoms with Crippen LogP contribution in [0.3, 0.4) is 0 Å². The van der Waals surface area contributed by atoms with Crippen LogP contribution < -0.4 is 0 Å². The van der Waals surface area contributed by atoms with Gasteiger partial charge in [0.1, 0.15) is 0 Å². The van der Waals surface area contributed by atoms with E-state index in [1.54, 1.807) is 11.3 Å². The van der Waals surface area contributed by atoms with Crippen LogP contribution in [0.4, 0.5) is 0 Å². The van der Waals surface area contributed by atoms with Gasteiger partial charge < -0.3 is 4.21 Å². The second kappa shape index (κ2) is 4.38. The summed E-state index contributed by atoms with van der Waals surface area (Å²) in [7, 11) is 1.05. The van der Waals surface area contributed by atoms with Gasteiger partial charge in [-0.3, -0.25) is 9.82 Å². The first-order chi connectivity index (χ1) is 4.93. The van der Waals surface area contributed by atoms with Crippen molar-refractivity contribution in [2.75, 3.05) is 6.54 Å². The van der Waals surface area contributed by atoms with Crippen molar-refractivity contribution < 1.29 is 8.96 Å². The van der Waals surface area contributed by atoms with Crippen molar-refractivity contribution in [1.82, 2.24) is 5.06 Å². The zero-order valence-corrected chi connectivity index (χ0v) is 5.99. The number of hydroxylamine groups is 2. The third-order valence-electron chi connectivity index (χ3n) is 1.000. The van der Waals surface area contributed by atoms with Crippen LogP contribution in [0, 0.1) is 0 Å². The first-order valence-corrected chi connectivity index (χ1v) is 3.10. The summed E-state index contributed by atoms with van der Waals surface area (Å²) in [5, 5.41) is 1.57. The molecule has 0 fully saturated rings. The van der Waals surface area contributed by atoms with Crippen molar-refractivity contribution in [2.24, 2.45) is 0 Å². The Hall–Kier alpha value is -0.445. The molecular formula is C5H6BClNO2. The SMILES string of the molecule is ClO[B]ON1C=CC=CC1. The monoisotopic (exact) mass is 158 g/mol. The van der Waals surface area contributed by atoms with Crippen LogP contribution in [0.1, 0.15) is 0 Å². The Bertz CT molecular complexity index is 151. The Kier molecular flexibility index (Phi) is 3.36. The van der Waals surface area contributed by atoms with Gasteiger partial charge in [0, 0.05) is 18.1 Å². The summed E-state index contributed by atoms with van der Waals surface area (Å²) in [5.74, 6) is 0. The first kappa shape index (κ1) is 7.66. The summed E-state index contributed by atoms with van der Waals surface area (Å²) in [6, 6.07) is 0. The lowest BCUT2D eigenvalue weighted by molar-refractivity contribution is -0.00584. The Labute approximate surface area is 65.3 Å². The molecule has 0 spiro atoms. The summed E-state index contributed by atoms with van der Waals surface area (Å²) in [5.41, 5.74) is 0. The van der Waals surface area contributed by atoms with E-state index in [2.05, 4.69) is 4.21 Å². The predicted octanol–water partition coefficient (Wildman–Crippen LogP) is 1.01. The average Bonchev–Trinajstić information content (AvgIpc) is 2.03. The summed E-state index contributed by atoms with van der Waals surface area (Å²) in [6.07, 6.45) is 7.50. The second-order valence-electron chi connectivity index (χ2n) is 1.66. The lowest BCUT2D eigenvalue weighted by Crippen LogP contribution is -2.21. The first-order valence-electron chi connectivity index (χ1n) is 2.79. The second-order valence-corrected chi connectivity index (χ2v) is 1.84. The van der Waals surface area contributed by atoms with Crippen LogP contribution in [-0.2, 0) is 8.96 Å². The fourth-order valence-corrected chi connectivity index (χ4v) is 0.632. The Morgan fingerprint density at radius 1 is 1.50 bits per heavy atom. The maximum atomic E-state index is 4.87. The molecule has 0 bridgehead atoms. The lowest BCUT2D eigenvalue weighted by atomic mass is 10.4. The molecule has 0 saturated carbocycles. The van der Waals surface area contributed by atoms with Crippen molar-refractivity contribution >= 4 is 19.6 Å². The van der Waals surface area contributed by atoms with Crippen molar-refractivity contribution in [3.63, 3.8) is 0 Å². The van der Waals surface area contributed by atoms with Crippen molar-refractivity contribution in [3.8, 4) is 0 Å². The normalized spacial score (nSPS) is 15.9. The smallest absolute Gasteiger partial charge is 0.307 e. The zero-order chi connectivity index (χ0) is 7.23. The van der Waals surface area contributed by atoms with Crippen LogP contribution >= 0.6 is 11.9 Å². The van der Waals surface area contributed by atoms with Gasteiger partial charge >= 0.3 is 7.69 Å². The largest absolute Gasteiger partial charge is 0.531 e.